The molecule has 2 rings (SSSR count). The summed E-state index contributed by atoms with van der Waals surface area (Å²) < 4.78 is 5.84. The number of para-hydroxylation sites is 1. The number of hydrogen-bond acceptors (Lipinski definition) is 3. The lowest BCUT2D eigenvalue weighted by Gasteiger charge is -2.13. The average molecular weight is 286 g/mol. The quantitative estimate of drug-likeness (QED) is 0.858. The van der Waals surface area contributed by atoms with Gasteiger partial charge in [-0.3, -0.25) is 4.79 Å². The molecule has 4 heteroatoms. The van der Waals surface area contributed by atoms with Gasteiger partial charge < -0.3 is 15.0 Å². The van der Waals surface area contributed by atoms with Gasteiger partial charge in [0.2, 0.25) is 0 Å². The van der Waals surface area contributed by atoms with Gasteiger partial charge in [-0.25, -0.2) is 0 Å². The number of benzene rings is 1. The van der Waals surface area contributed by atoms with Crippen LogP contribution in [0.5, 0.6) is 5.75 Å². The maximum Gasteiger partial charge on any atom is 0.252 e. The molecular weight excluding hydrogens is 264 g/mol. The van der Waals surface area contributed by atoms with Crippen LogP contribution in [0, 0.1) is 5.92 Å². The maximum atomic E-state index is 12.0. The van der Waals surface area contributed by atoms with Crippen molar-refractivity contribution in [3.05, 3.63) is 52.3 Å². The second kappa shape index (κ2) is 7.09. The molecule has 0 bridgehead atoms. The van der Waals surface area contributed by atoms with Crippen LogP contribution >= 0.6 is 0 Å². The molecule has 0 spiro atoms. The lowest BCUT2D eigenvalue weighted by molar-refractivity contribution is 0.272. The number of H-pyrrole nitrogens is 1. The highest BCUT2D eigenvalue weighted by atomic mass is 16.5. The summed E-state index contributed by atoms with van der Waals surface area (Å²) in [6.07, 6.45) is 0. The van der Waals surface area contributed by atoms with Crippen LogP contribution in [-0.2, 0) is 6.54 Å². The molecule has 1 heterocycles. The summed E-state index contributed by atoms with van der Waals surface area (Å²) in [5, 5.41) is 2.98. The Morgan fingerprint density at radius 2 is 1.95 bits per heavy atom. The Bertz CT molecular complexity index is 647. The van der Waals surface area contributed by atoms with Crippen LogP contribution in [0.25, 0.3) is 11.3 Å². The molecule has 0 atom stereocenters. The van der Waals surface area contributed by atoms with E-state index in [0.29, 0.717) is 19.1 Å². The van der Waals surface area contributed by atoms with Gasteiger partial charge in [0, 0.05) is 17.7 Å². The molecule has 2 aromatic rings. The van der Waals surface area contributed by atoms with Gasteiger partial charge in [0.15, 0.2) is 0 Å². The van der Waals surface area contributed by atoms with Crippen molar-refractivity contribution in [1.82, 2.24) is 10.3 Å². The second-order valence-electron chi connectivity index (χ2n) is 5.46. The minimum absolute atomic E-state index is 0.0690. The highest BCUT2D eigenvalue weighted by Crippen LogP contribution is 2.28. The number of aromatic nitrogens is 1. The molecule has 1 aromatic heterocycles. The molecule has 0 amide bonds. The van der Waals surface area contributed by atoms with E-state index in [4.69, 9.17) is 4.74 Å². The van der Waals surface area contributed by atoms with E-state index < -0.39 is 0 Å². The van der Waals surface area contributed by atoms with Crippen LogP contribution in [0.3, 0.4) is 0 Å². The second-order valence-corrected chi connectivity index (χ2v) is 5.46. The van der Waals surface area contributed by atoms with Crippen LogP contribution in [-0.4, -0.2) is 18.6 Å². The van der Waals surface area contributed by atoms with E-state index in [1.807, 2.05) is 43.4 Å². The van der Waals surface area contributed by atoms with Crippen molar-refractivity contribution in [3.63, 3.8) is 0 Å². The van der Waals surface area contributed by atoms with E-state index in [0.717, 1.165) is 22.6 Å². The molecule has 1 aromatic carbocycles. The average Bonchev–Trinajstić information content (AvgIpc) is 2.48. The molecule has 2 N–H and O–H groups in total. The lowest BCUT2D eigenvalue weighted by atomic mass is 10.1. The molecule has 0 saturated heterocycles. The van der Waals surface area contributed by atoms with Crippen LogP contribution in [0.4, 0.5) is 0 Å². The number of nitrogens with one attached hydrogen (secondary N) is 2. The van der Waals surface area contributed by atoms with E-state index in [-0.39, 0.29) is 5.56 Å². The molecule has 0 fully saturated rings. The van der Waals surface area contributed by atoms with Gasteiger partial charge in [-0.1, -0.05) is 32.0 Å². The Morgan fingerprint density at radius 3 is 2.62 bits per heavy atom. The van der Waals surface area contributed by atoms with Crippen molar-refractivity contribution in [2.75, 3.05) is 13.7 Å². The number of aromatic amines is 1. The van der Waals surface area contributed by atoms with Crippen molar-refractivity contribution in [1.29, 1.82) is 0 Å². The number of rotatable bonds is 6. The predicted molar refractivity (Wildman–Crippen MR) is 85.6 cm³/mol. The van der Waals surface area contributed by atoms with Gasteiger partial charge in [-0.05, 0) is 31.2 Å². The summed E-state index contributed by atoms with van der Waals surface area (Å²) in [7, 11) is 1.82. The van der Waals surface area contributed by atoms with Gasteiger partial charge in [0.05, 0.1) is 12.3 Å². The Balaban J connectivity index is 2.33. The summed E-state index contributed by atoms with van der Waals surface area (Å²) in [5.41, 5.74) is 2.34. The Labute approximate surface area is 125 Å². The maximum absolute atomic E-state index is 12.0. The third kappa shape index (κ3) is 3.95. The zero-order valence-electron chi connectivity index (χ0n) is 12.8. The van der Waals surface area contributed by atoms with E-state index in [1.165, 1.54) is 0 Å². The van der Waals surface area contributed by atoms with Gasteiger partial charge in [0.1, 0.15) is 5.75 Å². The standard InChI is InChI=1S/C17H22N2O2/c1-12(2)11-21-16-7-5-4-6-14(16)15-9-8-13(10-18-3)17(20)19-15/h4-9,12,18H,10-11H2,1-3H3,(H,19,20). The van der Waals surface area contributed by atoms with E-state index >= 15 is 0 Å². The third-order valence-corrected chi connectivity index (χ3v) is 3.11. The Morgan fingerprint density at radius 1 is 1.19 bits per heavy atom. The summed E-state index contributed by atoms with van der Waals surface area (Å²) in [6, 6.07) is 11.5. The Hall–Kier alpha value is -2.07. The first kappa shape index (κ1) is 15.3. The monoisotopic (exact) mass is 286 g/mol. The normalized spacial score (nSPS) is 10.9. The predicted octanol–water partition coefficient (Wildman–Crippen LogP) is 2.80. The van der Waals surface area contributed by atoms with Gasteiger partial charge in [0.25, 0.3) is 5.56 Å². The molecule has 0 saturated carbocycles. The largest absolute Gasteiger partial charge is 0.493 e. The van der Waals surface area contributed by atoms with E-state index in [1.54, 1.807) is 0 Å². The summed E-state index contributed by atoms with van der Waals surface area (Å²) in [6.45, 7) is 5.42. The molecule has 0 radical (unpaired) electrons. The minimum Gasteiger partial charge on any atom is -0.493 e. The summed E-state index contributed by atoms with van der Waals surface area (Å²) >= 11 is 0. The topological polar surface area (TPSA) is 54.1 Å². The molecule has 4 nitrogen and oxygen atoms in total. The highest BCUT2D eigenvalue weighted by Gasteiger charge is 2.08. The van der Waals surface area contributed by atoms with Crippen LogP contribution in [0.2, 0.25) is 0 Å². The van der Waals surface area contributed by atoms with Crippen molar-refractivity contribution in [3.8, 4) is 17.0 Å². The summed E-state index contributed by atoms with van der Waals surface area (Å²) in [5.74, 6) is 1.25. The number of ether oxygens (including phenoxy) is 1. The van der Waals surface area contributed by atoms with E-state index in [9.17, 15) is 4.79 Å². The zero-order valence-corrected chi connectivity index (χ0v) is 12.8. The fourth-order valence-corrected chi connectivity index (χ4v) is 2.06. The van der Waals surface area contributed by atoms with Crippen molar-refractivity contribution >= 4 is 0 Å². The van der Waals surface area contributed by atoms with Gasteiger partial charge in [-0.2, -0.15) is 0 Å². The van der Waals surface area contributed by atoms with Crippen LogP contribution in [0.15, 0.2) is 41.2 Å². The fourth-order valence-electron chi connectivity index (χ4n) is 2.06. The Kier molecular flexibility index (Phi) is 5.17. The van der Waals surface area contributed by atoms with Crippen LogP contribution < -0.4 is 15.6 Å². The fraction of sp³-hybridized carbons (Fsp3) is 0.353. The number of pyridine rings is 1. The first-order chi connectivity index (χ1) is 10.1. The third-order valence-electron chi connectivity index (χ3n) is 3.11. The highest BCUT2D eigenvalue weighted by molar-refractivity contribution is 5.67. The molecule has 112 valence electrons. The molecule has 21 heavy (non-hydrogen) atoms. The van der Waals surface area contributed by atoms with Crippen molar-refractivity contribution in [2.24, 2.45) is 5.92 Å². The first-order valence-corrected chi connectivity index (χ1v) is 7.21. The van der Waals surface area contributed by atoms with Gasteiger partial charge in [-0.15, -0.1) is 0 Å². The van der Waals surface area contributed by atoms with Crippen LogP contribution in [0.1, 0.15) is 19.4 Å². The first-order valence-electron chi connectivity index (χ1n) is 7.21. The van der Waals surface area contributed by atoms with Crippen molar-refractivity contribution < 1.29 is 4.74 Å². The molecule has 0 aliphatic heterocycles. The summed E-state index contributed by atoms with van der Waals surface area (Å²) in [4.78, 5) is 15.0. The zero-order chi connectivity index (χ0) is 15.2. The molecular formula is C17H22N2O2. The molecule has 0 aliphatic carbocycles. The molecule has 0 unspecified atom stereocenters. The number of hydrogen-bond donors (Lipinski definition) is 2. The van der Waals surface area contributed by atoms with Crippen molar-refractivity contribution in [2.45, 2.75) is 20.4 Å². The van der Waals surface area contributed by atoms with Gasteiger partial charge >= 0.3 is 0 Å². The SMILES string of the molecule is CNCc1ccc(-c2ccccc2OCC(C)C)[nH]c1=O. The molecule has 0 aliphatic rings. The minimum atomic E-state index is -0.0690. The smallest absolute Gasteiger partial charge is 0.252 e. The van der Waals surface area contributed by atoms with E-state index in [2.05, 4.69) is 24.1 Å². The lowest BCUT2D eigenvalue weighted by Crippen LogP contribution is -2.18.